The number of aliphatic hydroxyl groups is 1. The smallest absolute Gasteiger partial charge is 0.265 e. The van der Waals surface area contributed by atoms with Gasteiger partial charge in [0.25, 0.3) is 11.8 Å². The summed E-state index contributed by atoms with van der Waals surface area (Å²) >= 11 is 0. The summed E-state index contributed by atoms with van der Waals surface area (Å²) in [5, 5.41) is 13.3. The number of hydrogen-bond acceptors (Lipinski definition) is 4. The zero-order valence-electron chi connectivity index (χ0n) is 13.2. The van der Waals surface area contributed by atoms with Crippen LogP contribution in [0.2, 0.25) is 0 Å². The number of β-amino-alcohol motifs (C(OH)–C–C–N with tert-alkyl or cyclic N) is 1. The van der Waals surface area contributed by atoms with Crippen molar-refractivity contribution in [3.63, 3.8) is 0 Å². The highest BCUT2D eigenvalue weighted by atomic mass is 16.3. The van der Waals surface area contributed by atoms with Gasteiger partial charge in [0.2, 0.25) is 0 Å². The molecular weight excluding hydrogens is 308 g/mol. The molecule has 1 aromatic heterocycles. The maximum absolute atomic E-state index is 12.4. The standard InChI is InChI=1S/C17H20N4O3/c18-15(22)14-8-13(9-19-14)20-16(23)17(24)6-7-21(11-17)10-12-4-2-1-3-5-12/h1-5,8-9,19,24H,6-7,10-11H2,(H2,18,22)(H,20,23). The lowest BCUT2D eigenvalue weighted by molar-refractivity contribution is -0.132. The van der Waals surface area contributed by atoms with Gasteiger partial charge in [-0.15, -0.1) is 0 Å². The summed E-state index contributed by atoms with van der Waals surface area (Å²) in [7, 11) is 0. The predicted molar refractivity (Wildman–Crippen MR) is 89.2 cm³/mol. The van der Waals surface area contributed by atoms with Gasteiger partial charge in [-0.1, -0.05) is 30.3 Å². The Kier molecular flexibility index (Phi) is 4.37. The number of rotatable bonds is 5. The SMILES string of the molecule is NC(=O)c1cc(NC(=O)C2(O)CCN(Cc3ccccc3)C2)c[nH]1. The molecule has 2 aromatic rings. The molecule has 0 spiro atoms. The molecule has 0 saturated carbocycles. The van der Waals surface area contributed by atoms with Crippen molar-refractivity contribution in [2.24, 2.45) is 5.73 Å². The van der Waals surface area contributed by atoms with Crippen LogP contribution in [-0.4, -0.2) is 45.5 Å². The van der Waals surface area contributed by atoms with Crippen LogP contribution in [0.25, 0.3) is 0 Å². The Morgan fingerprint density at radius 1 is 1.33 bits per heavy atom. The lowest BCUT2D eigenvalue weighted by Gasteiger charge is -2.22. The van der Waals surface area contributed by atoms with Crippen molar-refractivity contribution in [2.45, 2.75) is 18.6 Å². The molecule has 0 aliphatic carbocycles. The number of amides is 2. The number of hydrogen-bond donors (Lipinski definition) is 4. The molecule has 126 valence electrons. The van der Waals surface area contributed by atoms with E-state index < -0.39 is 17.4 Å². The van der Waals surface area contributed by atoms with Crippen LogP contribution in [0.15, 0.2) is 42.6 Å². The van der Waals surface area contributed by atoms with Gasteiger partial charge in [0.05, 0.1) is 5.69 Å². The van der Waals surface area contributed by atoms with Gasteiger partial charge in [0, 0.05) is 25.8 Å². The minimum absolute atomic E-state index is 0.203. The quantitative estimate of drug-likeness (QED) is 0.647. The number of H-pyrrole nitrogens is 1. The lowest BCUT2D eigenvalue weighted by Crippen LogP contribution is -2.45. The van der Waals surface area contributed by atoms with Crippen molar-refractivity contribution in [2.75, 3.05) is 18.4 Å². The summed E-state index contributed by atoms with van der Waals surface area (Å²) in [5.41, 5.74) is 5.46. The number of nitrogens with two attached hydrogens (primary N) is 1. The maximum Gasteiger partial charge on any atom is 0.265 e. The Morgan fingerprint density at radius 3 is 2.75 bits per heavy atom. The van der Waals surface area contributed by atoms with Crippen molar-refractivity contribution in [3.05, 3.63) is 53.9 Å². The number of carbonyl (C=O) groups excluding carboxylic acids is 2. The van der Waals surface area contributed by atoms with Gasteiger partial charge in [-0.3, -0.25) is 14.5 Å². The van der Waals surface area contributed by atoms with Gasteiger partial charge in [-0.05, 0) is 18.1 Å². The van der Waals surface area contributed by atoms with Crippen LogP contribution in [0.4, 0.5) is 5.69 Å². The van der Waals surface area contributed by atoms with Crippen LogP contribution in [0, 0.1) is 0 Å². The molecule has 1 unspecified atom stereocenters. The van der Waals surface area contributed by atoms with E-state index in [0.29, 0.717) is 25.2 Å². The Labute approximate surface area is 139 Å². The molecule has 2 heterocycles. The van der Waals surface area contributed by atoms with E-state index in [1.807, 2.05) is 35.2 Å². The third kappa shape index (κ3) is 3.47. The number of likely N-dealkylation sites (tertiary alicyclic amines) is 1. The topological polar surface area (TPSA) is 111 Å². The summed E-state index contributed by atoms with van der Waals surface area (Å²) in [5.74, 6) is -1.09. The Morgan fingerprint density at radius 2 is 2.08 bits per heavy atom. The van der Waals surface area contributed by atoms with Gasteiger partial charge in [0.15, 0.2) is 5.60 Å². The molecule has 7 nitrogen and oxygen atoms in total. The molecule has 7 heteroatoms. The third-order valence-electron chi connectivity index (χ3n) is 4.20. The van der Waals surface area contributed by atoms with Gasteiger partial charge in [0.1, 0.15) is 5.69 Å². The third-order valence-corrected chi connectivity index (χ3v) is 4.20. The zero-order valence-corrected chi connectivity index (χ0v) is 13.2. The van der Waals surface area contributed by atoms with Gasteiger partial charge >= 0.3 is 0 Å². The fourth-order valence-corrected chi connectivity index (χ4v) is 2.89. The second kappa shape index (κ2) is 6.46. The number of aromatic nitrogens is 1. The number of benzene rings is 1. The van der Waals surface area contributed by atoms with Crippen molar-refractivity contribution in [1.29, 1.82) is 0 Å². The minimum Gasteiger partial charge on any atom is -0.379 e. The molecule has 0 radical (unpaired) electrons. The average molecular weight is 328 g/mol. The van der Waals surface area contributed by atoms with Crippen LogP contribution in [-0.2, 0) is 11.3 Å². The van der Waals surface area contributed by atoms with E-state index in [4.69, 9.17) is 5.73 Å². The van der Waals surface area contributed by atoms with E-state index in [1.165, 1.54) is 12.3 Å². The van der Waals surface area contributed by atoms with Crippen molar-refractivity contribution < 1.29 is 14.7 Å². The first-order valence-corrected chi connectivity index (χ1v) is 7.75. The molecule has 1 aliphatic heterocycles. The molecule has 1 fully saturated rings. The molecule has 0 bridgehead atoms. The van der Waals surface area contributed by atoms with E-state index >= 15 is 0 Å². The summed E-state index contributed by atoms with van der Waals surface area (Å²) in [6, 6.07) is 11.4. The number of nitrogens with zero attached hydrogens (tertiary/aromatic N) is 1. The zero-order chi connectivity index (χ0) is 17.2. The van der Waals surface area contributed by atoms with Crippen LogP contribution in [0.5, 0.6) is 0 Å². The minimum atomic E-state index is -1.45. The van der Waals surface area contributed by atoms with Crippen molar-refractivity contribution in [1.82, 2.24) is 9.88 Å². The first kappa shape index (κ1) is 16.2. The lowest BCUT2D eigenvalue weighted by atomic mass is 10.0. The van der Waals surface area contributed by atoms with Crippen LogP contribution < -0.4 is 11.1 Å². The summed E-state index contributed by atoms with van der Waals surface area (Å²) in [4.78, 5) is 28.2. The van der Waals surface area contributed by atoms with E-state index in [-0.39, 0.29) is 12.2 Å². The normalized spacial score (nSPS) is 20.9. The number of aromatic amines is 1. The predicted octanol–water partition coefficient (Wildman–Crippen LogP) is 0.689. The van der Waals surface area contributed by atoms with Gasteiger partial charge < -0.3 is 21.1 Å². The largest absolute Gasteiger partial charge is 0.379 e. The first-order valence-electron chi connectivity index (χ1n) is 7.75. The number of anilines is 1. The monoisotopic (exact) mass is 328 g/mol. The number of primary amides is 1. The van der Waals surface area contributed by atoms with Crippen molar-refractivity contribution >= 4 is 17.5 Å². The van der Waals surface area contributed by atoms with E-state index in [0.717, 1.165) is 5.56 Å². The van der Waals surface area contributed by atoms with Crippen LogP contribution >= 0.6 is 0 Å². The molecule has 1 atom stereocenters. The number of carbonyl (C=O) groups is 2. The highest BCUT2D eigenvalue weighted by Gasteiger charge is 2.42. The Balaban J connectivity index is 1.61. The fourth-order valence-electron chi connectivity index (χ4n) is 2.89. The van der Waals surface area contributed by atoms with E-state index in [2.05, 4.69) is 10.3 Å². The number of nitrogens with one attached hydrogen (secondary N) is 2. The van der Waals surface area contributed by atoms with Gasteiger partial charge in [-0.2, -0.15) is 0 Å². The second-order valence-electron chi connectivity index (χ2n) is 6.10. The summed E-state index contributed by atoms with van der Waals surface area (Å²) in [6.07, 6.45) is 1.83. The van der Waals surface area contributed by atoms with E-state index in [1.54, 1.807) is 0 Å². The molecule has 5 N–H and O–H groups in total. The van der Waals surface area contributed by atoms with Gasteiger partial charge in [-0.25, -0.2) is 0 Å². The first-order chi connectivity index (χ1) is 11.5. The average Bonchev–Trinajstić information content (AvgIpc) is 3.16. The molecule has 2 amide bonds. The molecular formula is C17H20N4O3. The highest BCUT2D eigenvalue weighted by Crippen LogP contribution is 2.25. The van der Waals surface area contributed by atoms with Crippen LogP contribution in [0.1, 0.15) is 22.5 Å². The highest BCUT2D eigenvalue weighted by molar-refractivity contribution is 5.99. The van der Waals surface area contributed by atoms with Crippen LogP contribution in [0.3, 0.4) is 0 Å². The molecule has 1 saturated heterocycles. The summed E-state index contributed by atoms with van der Waals surface area (Å²) in [6.45, 7) is 1.59. The Bertz CT molecular complexity index is 743. The Hall–Kier alpha value is -2.64. The van der Waals surface area contributed by atoms with Crippen molar-refractivity contribution in [3.8, 4) is 0 Å². The summed E-state index contributed by atoms with van der Waals surface area (Å²) < 4.78 is 0. The molecule has 1 aliphatic rings. The fraction of sp³-hybridized carbons (Fsp3) is 0.294. The van der Waals surface area contributed by atoms with E-state index in [9.17, 15) is 14.7 Å². The molecule has 3 rings (SSSR count). The molecule has 24 heavy (non-hydrogen) atoms. The second-order valence-corrected chi connectivity index (χ2v) is 6.10. The molecule has 1 aromatic carbocycles. The maximum atomic E-state index is 12.4.